The van der Waals surface area contributed by atoms with Gasteiger partial charge in [0.25, 0.3) is 0 Å². The Balaban J connectivity index is 1.71. The molecule has 0 spiro atoms. The quantitative estimate of drug-likeness (QED) is 0.693. The van der Waals surface area contributed by atoms with Crippen molar-refractivity contribution in [1.82, 2.24) is 4.98 Å². The van der Waals surface area contributed by atoms with Gasteiger partial charge in [-0.05, 0) is 36.1 Å². The van der Waals surface area contributed by atoms with Crippen LogP contribution in [0.4, 0.5) is 5.69 Å². The molecule has 0 radical (unpaired) electrons. The Morgan fingerprint density at radius 1 is 0.960 bits per heavy atom. The van der Waals surface area contributed by atoms with E-state index in [2.05, 4.69) is 11.9 Å². The molecule has 4 nitrogen and oxygen atoms in total. The van der Waals surface area contributed by atoms with E-state index in [1.807, 2.05) is 54.6 Å². The molecule has 1 aliphatic heterocycles. The molecular formula is C21H18N2O2. The van der Waals surface area contributed by atoms with Crippen molar-refractivity contribution < 1.29 is 9.59 Å². The minimum atomic E-state index is -0.386. The third-order valence-corrected chi connectivity index (χ3v) is 5.64. The van der Waals surface area contributed by atoms with Gasteiger partial charge in [0.2, 0.25) is 11.8 Å². The van der Waals surface area contributed by atoms with E-state index in [-0.39, 0.29) is 29.6 Å². The fourth-order valence-corrected chi connectivity index (χ4v) is 4.58. The van der Waals surface area contributed by atoms with Gasteiger partial charge in [-0.2, -0.15) is 0 Å². The summed E-state index contributed by atoms with van der Waals surface area (Å²) in [5, 5.41) is 1.07. The van der Waals surface area contributed by atoms with Crippen LogP contribution < -0.4 is 4.90 Å². The molecule has 4 heteroatoms. The molecule has 0 saturated carbocycles. The molecule has 25 heavy (non-hydrogen) atoms. The molecule has 0 bridgehead atoms. The van der Waals surface area contributed by atoms with E-state index in [4.69, 9.17) is 0 Å². The molecule has 124 valence electrons. The maximum Gasteiger partial charge on any atom is 0.242 e. The number of para-hydroxylation sites is 2. The zero-order chi connectivity index (χ0) is 17.1. The highest BCUT2D eigenvalue weighted by Crippen LogP contribution is 2.49. The number of nitrogens with zero attached hydrogens (tertiary/aromatic N) is 1. The summed E-state index contributed by atoms with van der Waals surface area (Å²) in [5.41, 5.74) is 3.83. The molecule has 1 aliphatic carbocycles. The number of benzene rings is 2. The van der Waals surface area contributed by atoms with Crippen molar-refractivity contribution in [2.45, 2.75) is 19.3 Å². The van der Waals surface area contributed by atoms with Gasteiger partial charge in [0.1, 0.15) is 0 Å². The van der Waals surface area contributed by atoms with Gasteiger partial charge in [0.15, 0.2) is 0 Å². The predicted octanol–water partition coefficient (Wildman–Crippen LogP) is 3.63. The molecule has 1 fully saturated rings. The number of hydrogen-bond donors (Lipinski definition) is 1. The second-order valence-electron chi connectivity index (χ2n) is 7.10. The number of aromatic nitrogens is 1. The smallest absolute Gasteiger partial charge is 0.242 e. The number of aromatic amines is 1. The number of anilines is 1. The molecule has 0 unspecified atom stereocenters. The first-order valence-electron chi connectivity index (χ1n) is 8.69. The van der Waals surface area contributed by atoms with Gasteiger partial charge >= 0.3 is 0 Å². The third-order valence-electron chi connectivity index (χ3n) is 5.64. The lowest BCUT2D eigenvalue weighted by atomic mass is 9.72. The van der Waals surface area contributed by atoms with Gasteiger partial charge in [-0.3, -0.25) is 9.59 Å². The Morgan fingerprint density at radius 3 is 2.48 bits per heavy atom. The van der Waals surface area contributed by atoms with Crippen molar-refractivity contribution in [1.29, 1.82) is 0 Å². The largest absolute Gasteiger partial charge is 0.358 e. The van der Waals surface area contributed by atoms with Crippen molar-refractivity contribution in [3.8, 4) is 0 Å². The topological polar surface area (TPSA) is 53.2 Å². The first kappa shape index (κ1) is 14.5. The summed E-state index contributed by atoms with van der Waals surface area (Å²) < 4.78 is 0. The molecule has 2 amide bonds. The average Bonchev–Trinajstić information content (AvgIpc) is 3.11. The fourth-order valence-electron chi connectivity index (χ4n) is 4.58. The second kappa shape index (κ2) is 5.06. The highest BCUT2D eigenvalue weighted by atomic mass is 16.2. The molecule has 2 heterocycles. The Kier molecular flexibility index (Phi) is 2.93. The lowest BCUT2D eigenvalue weighted by Crippen LogP contribution is -2.32. The minimum Gasteiger partial charge on any atom is -0.358 e. The van der Waals surface area contributed by atoms with Gasteiger partial charge in [0, 0.05) is 16.6 Å². The number of amides is 2. The molecule has 1 aromatic heterocycles. The van der Waals surface area contributed by atoms with E-state index in [1.165, 1.54) is 4.90 Å². The van der Waals surface area contributed by atoms with Crippen LogP contribution in [0.15, 0.2) is 54.6 Å². The summed E-state index contributed by atoms with van der Waals surface area (Å²) in [6.45, 7) is 2.08. The van der Waals surface area contributed by atoms with Gasteiger partial charge < -0.3 is 4.98 Å². The molecule has 2 aliphatic rings. The molecular weight excluding hydrogens is 312 g/mol. The third kappa shape index (κ3) is 1.88. The average molecular weight is 330 g/mol. The summed E-state index contributed by atoms with van der Waals surface area (Å²) >= 11 is 0. The normalized spacial score (nSPS) is 25.3. The summed E-state index contributed by atoms with van der Waals surface area (Å²) in [5.74, 6) is -0.693. The van der Waals surface area contributed by atoms with Crippen LogP contribution in [0.5, 0.6) is 0 Å². The van der Waals surface area contributed by atoms with Crippen LogP contribution in [0, 0.1) is 11.8 Å². The first-order valence-corrected chi connectivity index (χ1v) is 8.69. The van der Waals surface area contributed by atoms with Gasteiger partial charge in [-0.1, -0.05) is 43.3 Å². The SMILES string of the molecule is C[C@@H]1Cc2[nH]c3ccccc3c2[C@@H]2C(=O)N(c3ccccc3)C(=O)[C@H]12. The van der Waals surface area contributed by atoms with Crippen molar-refractivity contribution in [3.63, 3.8) is 0 Å². The number of H-pyrrole nitrogens is 1. The standard InChI is InChI=1S/C21H18N2O2/c1-12-11-16-18(14-9-5-6-10-15(14)22-16)19-17(12)20(24)23(21(19)25)13-7-3-2-4-8-13/h2-10,12,17,19,22H,11H2,1H3/t12-,17-,19-/m1/s1. The van der Waals surface area contributed by atoms with E-state index >= 15 is 0 Å². The van der Waals surface area contributed by atoms with Crippen LogP contribution in [-0.2, 0) is 16.0 Å². The Bertz CT molecular complexity index is 1010. The Labute approximate surface area is 145 Å². The lowest BCUT2D eigenvalue weighted by Gasteiger charge is -2.28. The predicted molar refractivity (Wildman–Crippen MR) is 96.3 cm³/mol. The van der Waals surface area contributed by atoms with E-state index in [1.54, 1.807) is 0 Å². The summed E-state index contributed by atoms with van der Waals surface area (Å²) in [6, 6.07) is 17.3. The minimum absolute atomic E-state index is 0.0652. The highest BCUT2D eigenvalue weighted by Gasteiger charge is 2.54. The van der Waals surface area contributed by atoms with Gasteiger partial charge in [-0.15, -0.1) is 0 Å². The molecule has 2 aromatic carbocycles. The summed E-state index contributed by atoms with van der Waals surface area (Å²) in [4.78, 5) is 31.3. The highest BCUT2D eigenvalue weighted by molar-refractivity contribution is 6.24. The second-order valence-corrected chi connectivity index (χ2v) is 7.10. The fraction of sp³-hybridized carbons (Fsp3) is 0.238. The summed E-state index contributed by atoms with van der Waals surface area (Å²) in [7, 11) is 0. The van der Waals surface area contributed by atoms with Crippen molar-refractivity contribution >= 4 is 28.4 Å². The van der Waals surface area contributed by atoms with Gasteiger partial charge in [0.05, 0.1) is 17.5 Å². The number of hydrogen-bond acceptors (Lipinski definition) is 2. The maximum atomic E-state index is 13.3. The van der Waals surface area contributed by atoms with E-state index < -0.39 is 0 Å². The van der Waals surface area contributed by atoms with Gasteiger partial charge in [-0.25, -0.2) is 4.90 Å². The van der Waals surface area contributed by atoms with E-state index in [0.717, 1.165) is 28.6 Å². The Hall–Kier alpha value is -2.88. The summed E-state index contributed by atoms with van der Waals surface area (Å²) in [6.07, 6.45) is 0.798. The molecule has 3 aromatic rings. The van der Waals surface area contributed by atoms with Crippen molar-refractivity contribution in [2.24, 2.45) is 11.8 Å². The maximum absolute atomic E-state index is 13.3. The molecule has 1 saturated heterocycles. The number of carbonyl (C=O) groups excluding carboxylic acids is 2. The zero-order valence-corrected chi connectivity index (χ0v) is 13.9. The van der Waals surface area contributed by atoms with Crippen molar-refractivity contribution in [3.05, 3.63) is 65.9 Å². The zero-order valence-electron chi connectivity index (χ0n) is 13.9. The number of nitrogens with one attached hydrogen (secondary N) is 1. The van der Waals surface area contributed by atoms with Crippen LogP contribution in [0.2, 0.25) is 0 Å². The van der Waals surface area contributed by atoms with Crippen LogP contribution >= 0.6 is 0 Å². The molecule has 1 N–H and O–H groups in total. The number of fused-ring (bicyclic) bond motifs is 5. The molecule has 5 rings (SSSR count). The Morgan fingerprint density at radius 2 is 1.68 bits per heavy atom. The van der Waals surface area contributed by atoms with Crippen LogP contribution in [0.3, 0.4) is 0 Å². The first-order chi connectivity index (χ1) is 12.2. The van der Waals surface area contributed by atoms with Crippen LogP contribution in [-0.4, -0.2) is 16.8 Å². The number of imide groups is 1. The van der Waals surface area contributed by atoms with Crippen LogP contribution in [0.25, 0.3) is 10.9 Å². The lowest BCUT2D eigenvalue weighted by molar-refractivity contribution is -0.122. The monoisotopic (exact) mass is 330 g/mol. The number of rotatable bonds is 1. The van der Waals surface area contributed by atoms with E-state index in [0.29, 0.717) is 5.69 Å². The van der Waals surface area contributed by atoms with Crippen LogP contribution in [0.1, 0.15) is 24.1 Å². The van der Waals surface area contributed by atoms with E-state index in [9.17, 15) is 9.59 Å². The van der Waals surface area contributed by atoms with Crippen molar-refractivity contribution in [2.75, 3.05) is 4.90 Å². The number of carbonyl (C=O) groups is 2. The molecule has 3 atom stereocenters.